The molecule has 3 rings (SSSR count). The zero-order valence-electron chi connectivity index (χ0n) is 14.2. The van der Waals surface area contributed by atoms with Crippen LogP contribution in [0, 0.1) is 11.6 Å². The van der Waals surface area contributed by atoms with Gasteiger partial charge in [0.15, 0.2) is 0 Å². The lowest BCUT2D eigenvalue weighted by Crippen LogP contribution is -3.11. The Morgan fingerprint density at radius 1 is 1.00 bits per heavy atom. The Labute approximate surface area is 146 Å². The Kier molecular flexibility index (Phi) is 5.76. The zero-order chi connectivity index (χ0) is 17.6. The van der Waals surface area contributed by atoms with Gasteiger partial charge in [0.1, 0.15) is 18.2 Å². The highest BCUT2D eigenvalue weighted by Gasteiger charge is 2.17. The quantitative estimate of drug-likeness (QED) is 0.858. The minimum Gasteiger partial charge on any atom is -0.348 e. The topological polar surface area (TPSA) is 33.5 Å². The maximum absolute atomic E-state index is 13.7. The maximum atomic E-state index is 13.7. The van der Waals surface area contributed by atoms with Gasteiger partial charge in [-0.3, -0.25) is 4.79 Å². The third-order valence-corrected chi connectivity index (χ3v) is 4.73. The highest BCUT2D eigenvalue weighted by Crippen LogP contribution is 2.11. The number of carbonyl (C=O) groups excluding carboxylic acids is 1. The summed E-state index contributed by atoms with van der Waals surface area (Å²) >= 11 is 0. The van der Waals surface area contributed by atoms with E-state index in [1.54, 1.807) is 4.90 Å². The molecular weight excluding hydrogens is 322 g/mol. The molecule has 2 N–H and O–H groups in total. The van der Waals surface area contributed by atoms with Crippen molar-refractivity contribution < 1.29 is 18.5 Å². The second kappa shape index (κ2) is 8.21. The molecule has 2 aromatic carbocycles. The van der Waals surface area contributed by atoms with Crippen LogP contribution in [0.1, 0.15) is 40.7 Å². The van der Waals surface area contributed by atoms with Crippen molar-refractivity contribution in [3.8, 4) is 0 Å². The van der Waals surface area contributed by atoms with Gasteiger partial charge in [-0.05, 0) is 37.0 Å². The molecule has 1 aliphatic heterocycles. The Balaban J connectivity index is 1.65. The smallest absolute Gasteiger partial charge is 0.254 e. The largest absolute Gasteiger partial charge is 0.348 e. The molecule has 0 aromatic heterocycles. The fourth-order valence-electron chi connectivity index (χ4n) is 3.34. The van der Waals surface area contributed by atoms with E-state index in [1.165, 1.54) is 44.0 Å². The molecule has 132 valence electrons. The van der Waals surface area contributed by atoms with E-state index in [9.17, 15) is 13.6 Å². The van der Waals surface area contributed by atoms with Gasteiger partial charge in [0.05, 0.1) is 18.7 Å². The fourth-order valence-corrected chi connectivity index (χ4v) is 3.34. The summed E-state index contributed by atoms with van der Waals surface area (Å²) in [5, 5.41) is 2.74. The van der Waals surface area contributed by atoms with Crippen molar-refractivity contribution in [1.82, 2.24) is 5.32 Å². The van der Waals surface area contributed by atoms with E-state index in [4.69, 9.17) is 0 Å². The summed E-state index contributed by atoms with van der Waals surface area (Å²) in [6, 6.07) is 11.0. The summed E-state index contributed by atoms with van der Waals surface area (Å²) in [5.41, 5.74) is 2.11. The van der Waals surface area contributed by atoms with Gasteiger partial charge in [-0.15, -0.1) is 0 Å². The monoisotopic (exact) mass is 345 g/mol. The number of piperidine rings is 1. The van der Waals surface area contributed by atoms with E-state index in [-0.39, 0.29) is 5.56 Å². The van der Waals surface area contributed by atoms with E-state index in [2.05, 4.69) is 11.4 Å². The predicted molar refractivity (Wildman–Crippen MR) is 92.2 cm³/mol. The van der Waals surface area contributed by atoms with Crippen LogP contribution in [0.2, 0.25) is 0 Å². The second-order valence-electron chi connectivity index (χ2n) is 6.56. The summed E-state index contributed by atoms with van der Waals surface area (Å²) in [7, 11) is 0. The van der Waals surface area contributed by atoms with Crippen LogP contribution in [0.15, 0.2) is 42.5 Å². The number of rotatable bonds is 5. The van der Waals surface area contributed by atoms with E-state index in [1.807, 2.05) is 18.2 Å². The average Bonchev–Trinajstić information content (AvgIpc) is 2.61. The summed E-state index contributed by atoms with van der Waals surface area (Å²) in [6.07, 6.45) is 3.83. The number of nitrogens with one attached hydrogen (secondary N) is 2. The maximum Gasteiger partial charge on any atom is 0.254 e. The van der Waals surface area contributed by atoms with Crippen molar-refractivity contribution in [2.45, 2.75) is 32.4 Å². The van der Waals surface area contributed by atoms with Crippen molar-refractivity contribution in [3.63, 3.8) is 0 Å². The summed E-state index contributed by atoms with van der Waals surface area (Å²) < 4.78 is 26.7. The van der Waals surface area contributed by atoms with Gasteiger partial charge in [-0.2, -0.15) is 0 Å². The molecule has 0 unspecified atom stereocenters. The molecule has 3 nitrogen and oxygen atoms in total. The Bertz CT molecular complexity index is 742. The molecule has 0 aliphatic carbocycles. The number of halogens is 2. The van der Waals surface area contributed by atoms with Crippen molar-refractivity contribution in [1.29, 1.82) is 0 Å². The number of quaternary nitrogens is 1. The summed E-state index contributed by atoms with van der Waals surface area (Å²) in [6.45, 7) is 3.64. The summed E-state index contributed by atoms with van der Waals surface area (Å²) in [5.74, 6) is -2.06. The number of benzene rings is 2. The molecule has 0 radical (unpaired) electrons. The first kappa shape index (κ1) is 17.5. The Morgan fingerprint density at radius 2 is 1.72 bits per heavy atom. The molecule has 1 aliphatic rings. The first-order valence-corrected chi connectivity index (χ1v) is 8.77. The van der Waals surface area contributed by atoms with Crippen molar-refractivity contribution >= 4 is 5.91 Å². The van der Waals surface area contributed by atoms with E-state index in [0.29, 0.717) is 6.54 Å². The molecule has 1 heterocycles. The lowest BCUT2D eigenvalue weighted by atomic mass is 10.0. The van der Waals surface area contributed by atoms with E-state index < -0.39 is 17.5 Å². The van der Waals surface area contributed by atoms with Crippen LogP contribution in [0.3, 0.4) is 0 Å². The van der Waals surface area contributed by atoms with Gasteiger partial charge in [0.2, 0.25) is 0 Å². The van der Waals surface area contributed by atoms with Gasteiger partial charge in [0, 0.05) is 18.2 Å². The number of likely N-dealkylation sites (tertiary alicyclic amines) is 1. The van der Waals surface area contributed by atoms with Crippen LogP contribution in [0.5, 0.6) is 0 Å². The van der Waals surface area contributed by atoms with E-state index >= 15 is 0 Å². The minimum atomic E-state index is -0.844. The molecule has 2 aromatic rings. The fraction of sp³-hybridized carbons (Fsp3) is 0.350. The van der Waals surface area contributed by atoms with Gasteiger partial charge in [-0.25, -0.2) is 8.78 Å². The Hall–Kier alpha value is -2.27. The molecular formula is C20H23F2N2O+. The Morgan fingerprint density at radius 3 is 2.44 bits per heavy atom. The van der Waals surface area contributed by atoms with Crippen LogP contribution >= 0.6 is 0 Å². The van der Waals surface area contributed by atoms with Crippen LogP contribution in [0.4, 0.5) is 8.78 Å². The molecule has 0 atom stereocenters. The lowest BCUT2D eigenvalue weighted by molar-refractivity contribution is -0.918. The van der Waals surface area contributed by atoms with Crippen LogP contribution in [-0.4, -0.2) is 19.0 Å². The third-order valence-electron chi connectivity index (χ3n) is 4.73. The van der Waals surface area contributed by atoms with Crippen LogP contribution < -0.4 is 10.2 Å². The molecule has 0 spiro atoms. The summed E-state index contributed by atoms with van der Waals surface area (Å²) in [4.78, 5) is 13.7. The van der Waals surface area contributed by atoms with Gasteiger partial charge >= 0.3 is 0 Å². The van der Waals surface area contributed by atoms with Crippen LogP contribution in [-0.2, 0) is 13.1 Å². The van der Waals surface area contributed by atoms with Crippen LogP contribution in [0.25, 0.3) is 0 Å². The second-order valence-corrected chi connectivity index (χ2v) is 6.56. The highest BCUT2D eigenvalue weighted by atomic mass is 19.1. The molecule has 1 saturated heterocycles. The molecule has 5 heteroatoms. The zero-order valence-corrected chi connectivity index (χ0v) is 14.2. The molecule has 1 fully saturated rings. The SMILES string of the molecule is O=C(NCc1ccccc1C[NH+]1CCCCC1)c1ccc(F)cc1F. The van der Waals surface area contributed by atoms with E-state index in [0.717, 1.165) is 24.2 Å². The number of carbonyl (C=O) groups is 1. The minimum absolute atomic E-state index is 0.138. The number of hydrogen-bond donors (Lipinski definition) is 2. The predicted octanol–water partition coefficient (Wildman–Crippen LogP) is 2.46. The standard InChI is InChI=1S/C20H22F2N2O/c21-17-8-9-18(19(22)12-17)20(25)23-13-15-6-2-3-7-16(15)14-24-10-4-1-5-11-24/h2-3,6-9,12H,1,4-5,10-11,13-14H2,(H,23,25)/p+1. The van der Waals surface area contributed by atoms with Crippen molar-refractivity contribution in [3.05, 3.63) is 70.8 Å². The number of hydrogen-bond acceptors (Lipinski definition) is 1. The van der Waals surface area contributed by atoms with Crippen molar-refractivity contribution in [2.75, 3.05) is 13.1 Å². The lowest BCUT2D eigenvalue weighted by Gasteiger charge is -2.24. The molecule has 1 amide bonds. The normalized spacial score (nSPS) is 15.1. The molecule has 0 bridgehead atoms. The molecule has 25 heavy (non-hydrogen) atoms. The number of amides is 1. The third kappa shape index (κ3) is 4.63. The molecule has 0 saturated carbocycles. The van der Waals surface area contributed by atoms with Gasteiger partial charge in [0.25, 0.3) is 5.91 Å². The van der Waals surface area contributed by atoms with Gasteiger partial charge < -0.3 is 10.2 Å². The highest BCUT2D eigenvalue weighted by molar-refractivity contribution is 5.94. The van der Waals surface area contributed by atoms with Gasteiger partial charge in [-0.1, -0.05) is 24.3 Å². The average molecular weight is 345 g/mol. The first-order chi connectivity index (χ1) is 12.1. The van der Waals surface area contributed by atoms with Crippen molar-refractivity contribution in [2.24, 2.45) is 0 Å². The first-order valence-electron chi connectivity index (χ1n) is 8.77.